The van der Waals surface area contributed by atoms with Gasteiger partial charge in [-0.15, -0.1) is 0 Å². The molecule has 0 bridgehead atoms. The Hall–Kier alpha value is -2.30. The van der Waals surface area contributed by atoms with Gasteiger partial charge in [0.2, 0.25) is 0 Å². The SMILES string of the molecule is CCNC(=NCc1ccccc1)NCCCn1cccn1. The number of hydrogen-bond donors (Lipinski definition) is 2. The fourth-order valence-electron chi connectivity index (χ4n) is 1.98. The molecule has 1 heterocycles. The molecule has 0 atom stereocenters. The Labute approximate surface area is 126 Å². The Bertz CT molecular complexity index is 519. The monoisotopic (exact) mass is 285 g/mol. The molecular formula is C16H23N5. The summed E-state index contributed by atoms with van der Waals surface area (Å²) in [6.45, 7) is 5.41. The standard InChI is InChI=1S/C16H23N5/c1-2-17-16(19-14-15-8-4-3-5-9-15)18-10-6-12-21-13-7-11-20-21/h3-5,7-9,11,13H,2,6,10,12,14H2,1H3,(H2,17,18,19). The maximum absolute atomic E-state index is 4.59. The molecule has 0 saturated carbocycles. The number of nitrogens with one attached hydrogen (secondary N) is 2. The molecule has 112 valence electrons. The number of nitrogens with zero attached hydrogens (tertiary/aromatic N) is 3. The van der Waals surface area contributed by atoms with Crippen LogP contribution in [0.1, 0.15) is 18.9 Å². The Morgan fingerprint density at radius 3 is 2.76 bits per heavy atom. The van der Waals surface area contributed by atoms with Crippen molar-refractivity contribution in [2.24, 2.45) is 4.99 Å². The molecule has 0 spiro atoms. The number of guanidine groups is 1. The second kappa shape index (κ2) is 8.79. The first kappa shape index (κ1) is 15.1. The van der Waals surface area contributed by atoms with Crippen LogP contribution in [0, 0.1) is 0 Å². The molecule has 1 aromatic carbocycles. The number of hydrogen-bond acceptors (Lipinski definition) is 2. The van der Waals surface area contributed by atoms with Crippen molar-refractivity contribution in [2.75, 3.05) is 13.1 Å². The Kier molecular flexibility index (Phi) is 6.32. The minimum atomic E-state index is 0.690. The van der Waals surface area contributed by atoms with Crippen LogP contribution in [0.3, 0.4) is 0 Å². The van der Waals surface area contributed by atoms with Crippen LogP contribution in [0.5, 0.6) is 0 Å². The molecule has 0 amide bonds. The molecule has 2 N–H and O–H groups in total. The average molecular weight is 285 g/mol. The summed E-state index contributed by atoms with van der Waals surface area (Å²) < 4.78 is 1.94. The first-order valence-corrected chi connectivity index (χ1v) is 7.42. The number of benzene rings is 1. The molecule has 0 saturated heterocycles. The maximum atomic E-state index is 4.59. The first-order valence-electron chi connectivity index (χ1n) is 7.42. The summed E-state index contributed by atoms with van der Waals surface area (Å²) in [5.41, 5.74) is 1.21. The van der Waals surface area contributed by atoms with Crippen LogP contribution in [-0.4, -0.2) is 28.8 Å². The Balaban J connectivity index is 1.75. The van der Waals surface area contributed by atoms with Crippen molar-refractivity contribution in [1.82, 2.24) is 20.4 Å². The van der Waals surface area contributed by atoms with Crippen LogP contribution in [0.15, 0.2) is 53.8 Å². The van der Waals surface area contributed by atoms with Gasteiger partial charge in [0.1, 0.15) is 0 Å². The Morgan fingerprint density at radius 2 is 2.05 bits per heavy atom. The zero-order valence-corrected chi connectivity index (χ0v) is 12.5. The topological polar surface area (TPSA) is 54.2 Å². The third-order valence-electron chi connectivity index (χ3n) is 3.02. The average Bonchev–Trinajstić information content (AvgIpc) is 3.03. The smallest absolute Gasteiger partial charge is 0.191 e. The van der Waals surface area contributed by atoms with Gasteiger partial charge < -0.3 is 10.6 Å². The van der Waals surface area contributed by atoms with Crippen molar-refractivity contribution < 1.29 is 0 Å². The van der Waals surface area contributed by atoms with Crippen LogP contribution in [-0.2, 0) is 13.1 Å². The predicted molar refractivity (Wildman–Crippen MR) is 86.1 cm³/mol. The van der Waals surface area contributed by atoms with Gasteiger partial charge in [0.15, 0.2) is 5.96 Å². The maximum Gasteiger partial charge on any atom is 0.191 e. The summed E-state index contributed by atoms with van der Waals surface area (Å²) >= 11 is 0. The van der Waals surface area contributed by atoms with E-state index in [4.69, 9.17) is 0 Å². The van der Waals surface area contributed by atoms with E-state index in [2.05, 4.69) is 39.8 Å². The van der Waals surface area contributed by atoms with Crippen molar-refractivity contribution in [3.63, 3.8) is 0 Å². The van der Waals surface area contributed by atoms with E-state index in [-0.39, 0.29) is 0 Å². The number of aromatic nitrogens is 2. The minimum Gasteiger partial charge on any atom is -0.357 e. The molecule has 21 heavy (non-hydrogen) atoms. The van der Waals surface area contributed by atoms with Crippen molar-refractivity contribution in [3.05, 3.63) is 54.4 Å². The summed E-state index contributed by atoms with van der Waals surface area (Å²) in [7, 11) is 0. The second-order valence-corrected chi connectivity index (χ2v) is 4.73. The highest BCUT2D eigenvalue weighted by molar-refractivity contribution is 5.79. The van der Waals surface area contributed by atoms with Crippen molar-refractivity contribution in [3.8, 4) is 0 Å². The molecule has 2 aromatic rings. The third-order valence-corrected chi connectivity index (χ3v) is 3.02. The quantitative estimate of drug-likeness (QED) is 0.465. The van der Waals surface area contributed by atoms with Crippen LogP contribution in [0.2, 0.25) is 0 Å². The van der Waals surface area contributed by atoms with E-state index in [1.807, 2.05) is 35.1 Å². The molecule has 5 nitrogen and oxygen atoms in total. The van der Waals surface area contributed by atoms with Crippen LogP contribution < -0.4 is 10.6 Å². The van der Waals surface area contributed by atoms with Gasteiger partial charge in [-0.3, -0.25) is 4.68 Å². The number of rotatable bonds is 7. The first-order chi connectivity index (χ1) is 10.4. The largest absolute Gasteiger partial charge is 0.357 e. The summed E-state index contributed by atoms with van der Waals surface area (Å²) in [4.78, 5) is 4.59. The molecule has 0 aliphatic heterocycles. The highest BCUT2D eigenvalue weighted by Crippen LogP contribution is 1.99. The lowest BCUT2D eigenvalue weighted by Gasteiger charge is -2.11. The van der Waals surface area contributed by atoms with Gasteiger partial charge in [-0.2, -0.15) is 5.10 Å². The van der Waals surface area contributed by atoms with E-state index in [9.17, 15) is 0 Å². The van der Waals surface area contributed by atoms with Gasteiger partial charge in [0.25, 0.3) is 0 Å². The van der Waals surface area contributed by atoms with Gasteiger partial charge in [-0.05, 0) is 25.0 Å². The van der Waals surface area contributed by atoms with E-state index in [0.717, 1.165) is 32.0 Å². The van der Waals surface area contributed by atoms with E-state index >= 15 is 0 Å². The van der Waals surface area contributed by atoms with Gasteiger partial charge >= 0.3 is 0 Å². The van der Waals surface area contributed by atoms with Crippen molar-refractivity contribution in [2.45, 2.75) is 26.4 Å². The highest BCUT2D eigenvalue weighted by Gasteiger charge is 1.97. The normalized spacial score (nSPS) is 11.4. The Morgan fingerprint density at radius 1 is 1.19 bits per heavy atom. The summed E-state index contributed by atoms with van der Waals surface area (Å²) in [5, 5.41) is 10.8. The van der Waals surface area contributed by atoms with E-state index < -0.39 is 0 Å². The van der Waals surface area contributed by atoms with Crippen LogP contribution >= 0.6 is 0 Å². The zero-order chi connectivity index (χ0) is 14.8. The molecule has 0 fully saturated rings. The van der Waals surface area contributed by atoms with E-state index in [1.54, 1.807) is 6.20 Å². The predicted octanol–water partition coefficient (Wildman–Crippen LogP) is 2.03. The van der Waals surface area contributed by atoms with Crippen molar-refractivity contribution >= 4 is 5.96 Å². The molecular weight excluding hydrogens is 262 g/mol. The van der Waals surface area contributed by atoms with E-state index in [1.165, 1.54) is 5.56 Å². The molecule has 2 rings (SSSR count). The summed E-state index contributed by atoms with van der Waals surface area (Å²) in [6.07, 6.45) is 4.80. The van der Waals surface area contributed by atoms with Gasteiger partial charge in [-0.1, -0.05) is 30.3 Å². The summed E-state index contributed by atoms with van der Waals surface area (Å²) in [6, 6.07) is 12.2. The fraction of sp³-hybridized carbons (Fsp3) is 0.375. The van der Waals surface area contributed by atoms with Gasteiger partial charge in [0.05, 0.1) is 6.54 Å². The van der Waals surface area contributed by atoms with Crippen molar-refractivity contribution in [1.29, 1.82) is 0 Å². The lowest BCUT2D eigenvalue weighted by atomic mass is 10.2. The summed E-state index contributed by atoms with van der Waals surface area (Å²) in [5.74, 6) is 0.863. The van der Waals surface area contributed by atoms with Crippen LogP contribution in [0.4, 0.5) is 0 Å². The lowest BCUT2D eigenvalue weighted by Crippen LogP contribution is -2.38. The fourth-order valence-corrected chi connectivity index (χ4v) is 1.98. The molecule has 1 aromatic heterocycles. The van der Waals surface area contributed by atoms with Gasteiger partial charge in [-0.25, -0.2) is 4.99 Å². The second-order valence-electron chi connectivity index (χ2n) is 4.73. The third kappa shape index (κ3) is 5.69. The molecule has 0 radical (unpaired) electrons. The molecule has 0 aliphatic carbocycles. The minimum absolute atomic E-state index is 0.690. The number of aliphatic imine (C=N–C) groups is 1. The lowest BCUT2D eigenvalue weighted by molar-refractivity contribution is 0.570. The van der Waals surface area contributed by atoms with Crippen LogP contribution in [0.25, 0.3) is 0 Å². The number of aryl methyl sites for hydroxylation is 1. The van der Waals surface area contributed by atoms with E-state index in [0.29, 0.717) is 6.54 Å². The highest BCUT2D eigenvalue weighted by atomic mass is 15.3. The van der Waals surface area contributed by atoms with Gasteiger partial charge in [0, 0.05) is 32.0 Å². The molecule has 0 aliphatic rings. The molecule has 0 unspecified atom stereocenters. The molecule has 5 heteroatoms. The zero-order valence-electron chi connectivity index (χ0n) is 12.5.